The molecule has 0 amide bonds. The van der Waals surface area contributed by atoms with Gasteiger partial charge in [-0.15, -0.1) is 0 Å². The van der Waals surface area contributed by atoms with Crippen molar-refractivity contribution in [2.45, 2.75) is 31.3 Å². The molecule has 0 bridgehead atoms. The molecule has 3 rings (SSSR count). The molecule has 2 heterocycles. The Kier molecular flexibility index (Phi) is 4.39. The van der Waals surface area contributed by atoms with Crippen molar-refractivity contribution in [1.82, 2.24) is 10.2 Å². The molecule has 2 saturated heterocycles. The zero-order chi connectivity index (χ0) is 13.1. The minimum atomic E-state index is 0.159. The molecule has 5 heteroatoms. The Morgan fingerprint density at radius 1 is 1.26 bits per heavy atom. The van der Waals surface area contributed by atoms with E-state index < -0.39 is 0 Å². The van der Waals surface area contributed by atoms with E-state index in [1.807, 2.05) is 0 Å². The van der Waals surface area contributed by atoms with Gasteiger partial charge in [0.25, 0.3) is 0 Å². The monoisotopic (exact) mass is 270 g/mol. The van der Waals surface area contributed by atoms with Crippen molar-refractivity contribution in [3.8, 4) is 0 Å². The summed E-state index contributed by atoms with van der Waals surface area (Å²) in [6, 6.07) is 0.906. The van der Waals surface area contributed by atoms with Crippen LogP contribution in [0.1, 0.15) is 19.3 Å². The third-order valence-corrected chi connectivity index (χ3v) is 4.63. The van der Waals surface area contributed by atoms with Crippen LogP contribution in [-0.4, -0.2) is 74.8 Å². The smallest absolute Gasteiger partial charge is 0.0644 e. The van der Waals surface area contributed by atoms with Crippen LogP contribution in [0.25, 0.3) is 0 Å². The number of aliphatic hydroxyl groups is 1. The first-order valence-electron chi connectivity index (χ1n) is 7.55. The molecule has 19 heavy (non-hydrogen) atoms. The molecule has 2 N–H and O–H groups in total. The molecule has 0 aromatic carbocycles. The Morgan fingerprint density at radius 3 is 2.84 bits per heavy atom. The van der Waals surface area contributed by atoms with Crippen LogP contribution < -0.4 is 5.32 Å². The highest BCUT2D eigenvalue weighted by Gasteiger charge is 2.39. The predicted octanol–water partition coefficient (Wildman–Crippen LogP) is -0.162. The lowest BCUT2D eigenvalue weighted by molar-refractivity contribution is -0.0455. The maximum atomic E-state index is 9.48. The Labute approximate surface area is 115 Å². The van der Waals surface area contributed by atoms with E-state index in [1.165, 1.54) is 12.8 Å². The van der Waals surface area contributed by atoms with Gasteiger partial charge in [-0.05, 0) is 19.3 Å². The van der Waals surface area contributed by atoms with E-state index in [0.717, 1.165) is 51.9 Å². The summed E-state index contributed by atoms with van der Waals surface area (Å²) in [5, 5.41) is 13.1. The summed E-state index contributed by atoms with van der Waals surface area (Å²) >= 11 is 0. The topological polar surface area (TPSA) is 54.0 Å². The van der Waals surface area contributed by atoms with Crippen LogP contribution in [0.15, 0.2) is 0 Å². The molecular weight excluding hydrogens is 244 g/mol. The van der Waals surface area contributed by atoms with Gasteiger partial charge in [-0.25, -0.2) is 0 Å². The summed E-state index contributed by atoms with van der Waals surface area (Å²) < 4.78 is 11.1. The van der Waals surface area contributed by atoms with Crippen LogP contribution in [0.5, 0.6) is 0 Å². The van der Waals surface area contributed by atoms with Gasteiger partial charge in [-0.3, -0.25) is 4.90 Å². The fourth-order valence-electron chi connectivity index (χ4n) is 3.11. The molecule has 0 spiro atoms. The fraction of sp³-hybridized carbons (Fsp3) is 1.00. The number of ether oxygens (including phenoxy) is 2. The lowest BCUT2D eigenvalue weighted by Crippen LogP contribution is -2.54. The highest BCUT2D eigenvalue weighted by atomic mass is 16.5. The summed E-state index contributed by atoms with van der Waals surface area (Å²) in [7, 11) is 0. The zero-order valence-electron chi connectivity index (χ0n) is 11.6. The Balaban J connectivity index is 1.58. The van der Waals surface area contributed by atoms with Gasteiger partial charge in [0, 0.05) is 37.7 Å². The SMILES string of the molecule is OCC1COCCN1CC1(CNC2CC2)CCOC1. The summed E-state index contributed by atoms with van der Waals surface area (Å²) in [6.45, 7) is 6.34. The number of rotatable bonds is 6. The van der Waals surface area contributed by atoms with Crippen LogP contribution in [0.3, 0.4) is 0 Å². The van der Waals surface area contributed by atoms with Crippen molar-refractivity contribution < 1.29 is 14.6 Å². The highest BCUT2D eigenvalue weighted by Crippen LogP contribution is 2.31. The van der Waals surface area contributed by atoms with E-state index in [2.05, 4.69) is 10.2 Å². The van der Waals surface area contributed by atoms with Crippen LogP contribution >= 0.6 is 0 Å². The number of hydrogen-bond donors (Lipinski definition) is 2. The quantitative estimate of drug-likeness (QED) is 0.702. The lowest BCUT2D eigenvalue weighted by atomic mass is 9.85. The van der Waals surface area contributed by atoms with Crippen molar-refractivity contribution in [2.75, 3.05) is 52.7 Å². The number of nitrogens with one attached hydrogen (secondary N) is 1. The fourth-order valence-corrected chi connectivity index (χ4v) is 3.11. The Morgan fingerprint density at radius 2 is 2.16 bits per heavy atom. The molecule has 1 saturated carbocycles. The number of aliphatic hydroxyl groups excluding tert-OH is 1. The summed E-state index contributed by atoms with van der Waals surface area (Å²) in [6.07, 6.45) is 3.78. The van der Waals surface area contributed by atoms with E-state index in [9.17, 15) is 5.11 Å². The first-order chi connectivity index (χ1) is 9.31. The lowest BCUT2D eigenvalue weighted by Gasteiger charge is -2.40. The van der Waals surface area contributed by atoms with E-state index in [-0.39, 0.29) is 18.1 Å². The maximum Gasteiger partial charge on any atom is 0.0644 e. The van der Waals surface area contributed by atoms with Crippen LogP contribution in [-0.2, 0) is 9.47 Å². The standard InChI is InChI=1S/C14H26N2O3/c17-7-13-8-18-6-4-16(13)10-14(3-5-19-11-14)9-15-12-1-2-12/h12-13,15,17H,1-11H2. The van der Waals surface area contributed by atoms with Gasteiger partial charge in [-0.1, -0.05) is 0 Å². The van der Waals surface area contributed by atoms with Gasteiger partial charge < -0.3 is 19.9 Å². The van der Waals surface area contributed by atoms with Gasteiger partial charge in [0.05, 0.1) is 32.5 Å². The molecule has 0 aromatic rings. The molecule has 2 unspecified atom stereocenters. The van der Waals surface area contributed by atoms with Gasteiger partial charge >= 0.3 is 0 Å². The second kappa shape index (κ2) is 6.06. The Bertz CT molecular complexity index is 290. The molecule has 2 atom stereocenters. The van der Waals surface area contributed by atoms with E-state index >= 15 is 0 Å². The van der Waals surface area contributed by atoms with Crippen molar-refractivity contribution in [3.05, 3.63) is 0 Å². The molecule has 3 fully saturated rings. The molecule has 3 aliphatic rings. The first-order valence-corrected chi connectivity index (χ1v) is 7.55. The number of morpholine rings is 1. The highest BCUT2D eigenvalue weighted by molar-refractivity contribution is 4.93. The van der Waals surface area contributed by atoms with E-state index in [1.54, 1.807) is 0 Å². The molecule has 2 aliphatic heterocycles. The molecule has 5 nitrogen and oxygen atoms in total. The average molecular weight is 270 g/mol. The van der Waals surface area contributed by atoms with Crippen molar-refractivity contribution in [3.63, 3.8) is 0 Å². The van der Waals surface area contributed by atoms with Crippen molar-refractivity contribution in [1.29, 1.82) is 0 Å². The number of hydrogen-bond acceptors (Lipinski definition) is 5. The second-order valence-electron chi connectivity index (χ2n) is 6.34. The largest absolute Gasteiger partial charge is 0.395 e. The van der Waals surface area contributed by atoms with E-state index in [4.69, 9.17) is 9.47 Å². The predicted molar refractivity (Wildman–Crippen MR) is 72.2 cm³/mol. The Hall–Kier alpha value is -0.200. The van der Waals surface area contributed by atoms with Crippen LogP contribution in [0.2, 0.25) is 0 Å². The normalized spacial score (nSPS) is 36.8. The summed E-state index contributed by atoms with van der Waals surface area (Å²) in [5.74, 6) is 0. The van der Waals surface area contributed by atoms with Gasteiger partial charge in [-0.2, -0.15) is 0 Å². The minimum Gasteiger partial charge on any atom is -0.395 e. The first kappa shape index (κ1) is 13.8. The zero-order valence-corrected chi connectivity index (χ0v) is 11.6. The van der Waals surface area contributed by atoms with Gasteiger partial charge in [0.2, 0.25) is 0 Å². The third-order valence-electron chi connectivity index (χ3n) is 4.63. The third kappa shape index (κ3) is 3.47. The molecule has 0 radical (unpaired) electrons. The minimum absolute atomic E-state index is 0.159. The summed E-state index contributed by atoms with van der Waals surface area (Å²) in [5.41, 5.74) is 0.230. The molecule has 1 aliphatic carbocycles. The van der Waals surface area contributed by atoms with E-state index in [0.29, 0.717) is 6.61 Å². The second-order valence-corrected chi connectivity index (χ2v) is 6.34. The molecule has 0 aromatic heterocycles. The molecular formula is C14H26N2O3. The van der Waals surface area contributed by atoms with Gasteiger partial charge in [0.15, 0.2) is 0 Å². The van der Waals surface area contributed by atoms with Crippen molar-refractivity contribution in [2.24, 2.45) is 5.41 Å². The average Bonchev–Trinajstić information content (AvgIpc) is 3.17. The van der Waals surface area contributed by atoms with Crippen molar-refractivity contribution >= 4 is 0 Å². The molecule has 110 valence electrons. The maximum absolute atomic E-state index is 9.48. The van der Waals surface area contributed by atoms with Crippen LogP contribution in [0, 0.1) is 5.41 Å². The van der Waals surface area contributed by atoms with Gasteiger partial charge in [0.1, 0.15) is 0 Å². The number of nitrogens with zero attached hydrogens (tertiary/aromatic N) is 1. The van der Waals surface area contributed by atoms with Crippen LogP contribution in [0.4, 0.5) is 0 Å². The summed E-state index contributed by atoms with van der Waals surface area (Å²) in [4.78, 5) is 2.40.